The molecule has 1 N–H and O–H groups in total. The zero-order valence-electron chi connectivity index (χ0n) is 8.64. The molecule has 1 unspecified atom stereocenters. The normalized spacial score (nSPS) is 19.5. The van der Waals surface area contributed by atoms with Gasteiger partial charge in [-0.25, -0.2) is 0 Å². The van der Waals surface area contributed by atoms with E-state index in [0.29, 0.717) is 24.8 Å². The summed E-state index contributed by atoms with van der Waals surface area (Å²) in [5, 5.41) is 9.59. The largest absolute Gasteiger partial charge is 0.416 e. The molecule has 0 spiro atoms. The van der Waals surface area contributed by atoms with E-state index in [1.807, 2.05) is 6.92 Å². The summed E-state index contributed by atoms with van der Waals surface area (Å²) in [7, 11) is 0. The Labute approximate surface area is 87.3 Å². The Balaban J connectivity index is 2.76. The number of aliphatic hydroxyl groups is 1. The first-order chi connectivity index (χ1) is 6.95. The molecule has 1 nitrogen and oxygen atoms in total. The number of alkyl halides is 3. The summed E-state index contributed by atoms with van der Waals surface area (Å²) >= 11 is 0. The summed E-state index contributed by atoms with van der Waals surface area (Å²) < 4.78 is 37.1. The molecule has 0 saturated carbocycles. The second-order valence-corrected chi connectivity index (χ2v) is 3.72. The fraction of sp³-hybridized carbons (Fsp3) is 0.636. The van der Waals surface area contributed by atoms with Gasteiger partial charge in [-0.05, 0) is 30.9 Å². The first kappa shape index (κ1) is 12.3. The molecular formula is C11H15F3O. The third-order valence-electron chi connectivity index (χ3n) is 2.46. The number of hydrogen-bond donors (Lipinski definition) is 1. The Morgan fingerprint density at radius 2 is 2.13 bits per heavy atom. The molecule has 4 heteroatoms. The Hall–Kier alpha value is -0.770. The van der Waals surface area contributed by atoms with E-state index in [9.17, 15) is 18.3 Å². The second-order valence-electron chi connectivity index (χ2n) is 3.72. The number of rotatable bonds is 3. The predicted molar refractivity (Wildman–Crippen MR) is 52.4 cm³/mol. The van der Waals surface area contributed by atoms with E-state index in [4.69, 9.17) is 0 Å². The van der Waals surface area contributed by atoms with Gasteiger partial charge < -0.3 is 5.11 Å². The van der Waals surface area contributed by atoms with Crippen LogP contribution in [0.4, 0.5) is 13.2 Å². The van der Waals surface area contributed by atoms with E-state index in [0.717, 1.165) is 12.5 Å². The molecule has 15 heavy (non-hydrogen) atoms. The summed E-state index contributed by atoms with van der Waals surface area (Å²) in [5.41, 5.74) is -0.120. The SMILES string of the molecule is CCCC(O)C1=CC(C(F)(F)F)=CCC1. The van der Waals surface area contributed by atoms with Crippen molar-refractivity contribution in [1.29, 1.82) is 0 Å². The van der Waals surface area contributed by atoms with E-state index in [2.05, 4.69) is 0 Å². The lowest BCUT2D eigenvalue weighted by Crippen LogP contribution is -2.17. The highest BCUT2D eigenvalue weighted by atomic mass is 19.4. The Bertz CT molecular complexity index is 276. The van der Waals surface area contributed by atoms with Gasteiger partial charge in [-0.2, -0.15) is 13.2 Å². The maximum Gasteiger partial charge on any atom is 0.416 e. The van der Waals surface area contributed by atoms with Crippen LogP contribution in [-0.4, -0.2) is 17.4 Å². The molecule has 0 radical (unpaired) electrons. The second kappa shape index (κ2) is 4.84. The minimum Gasteiger partial charge on any atom is -0.389 e. The third-order valence-corrected chi connectivity index (χ3v) is 2.46. The molecule has 0 aromatic heterocycles. The van der Waals surface area contributed by atoms with Crippen molar-refractivity contribution in [3.8, 4) is 0 Å². The third kappa shape index (κ3) is 3.38. The van der Waals surface area contributed by atoms with Gasteiger partial charge in [-0.3, -0.25) is 0 Å². The quantitative estimate of drug-likeness (QED) is 0.773. The molecular weight excluding hydrogens is 205 g/mol. The molecule has 0 amide bonds. The van der Waals surface area contributed by atoms with Crippen LogP contribution < -0.4 is 0 Å². The van der Waals surface area contributed by atoms with Crippen LogP contribution in [0.3, 0.4) is 0 Å². The maximum absolute atomic E-state index is 12.4. The zero-order chi connectivity index (χ0) is 11.5. The highest BCUT2D eigenvalue weighted by molar-refractivity contribution is 5.32. The average Bonchev–Trinajstić information content (AvgIpc) is 2.17. The van der Waals surface area contributed by atoms with Gasteiger partial charge in [0.05, 0.1) is 11.7 Å². The van der Waals surface area contributed by atoms with Crippen LogP contribution >= 0.6 is 0 Å². The number of halogens is 3. The van der Waals surface area contributed by atoms with Crippen molar-refractivity contribution in [3.05, 3.63) is 23.3 Å². The highest BCUT2D eigenvalue weighted by Crippen LogP contribution is 2.32. The van der Waals surface area contributed by atoms with Crippen LogP contribution in [0, 0.1) is 0 Å². The van der Waals surface area contributed by atoms with E-state index >= 15 is 0 Å². The summed E-state index contributed by atoms with van der Waals surface area (Å²) in [6.45, 7) is 1.90. The van der Waals surface area contributed by atoms with Crippen LogP contribution in [0.1, 0.15) is 32.6 Å². The van der Waals surface area contributed by atoms with Crippen molar-refractivity contribution in [2.45, 2.75) is 44.9 Å². The smallest absolute Gasteiger partial charge is 0.389 e. The lowest BCUT2D eigenvalue weighted by atomic mass is 9.93. The van der Waals surface area contributed by atoms with Crippen molar-refractivity contribution in [2.24, 2.45) is 0 Å². The summed E-state index contributed by atoms with van der Waals surface area (Å²) in [4.78, 5) is 0. The molecule has 1 aliphatic rings. The summed E-state index contributed by atoms with van der Waals surface area (Å²) in [6.07, 6.45) is -0.562. The van der Waals surface area contributed by atoms with Gasteiger partial charge in [-0.1, -0.05) is 19.4 Å². The average molecular weight is 220 g/mol. The Kier molecular flexibility index (Phi) is 3.97. The molecule has 86 valence electrons. The minimum absolute atomic E-state index is 0.363. The van der Waals surface area contributed by atoms with Crippen molar-refractivity contribution >= 4 is 0 Å². The Morgan fingerprint density at radius 1 is 1.47 bits per heavy atom. The first-order valence-corrected chi connectivity index (χ1v) is 5.11. The molecule has 0 aliphatic heterocycles. The molecule has 0 fully saturated rings. The van der Waals surface area contributed by atoms with Crippen LogP contribution in [0.5, 0.6) is 0 Å². The molecule has 0 bridgehead atoms. The fourth-order valence-corrected chi connectivity index (χ4v) is 1.64. The topological polar surface area (TPSA) is 20.2 Å². The van der Waals surface area contributed by atoms with E-state index in [-0.39, 0.29) is 0 Å². The van der Waals surface area contributed by atoms with Crippen LogP contribution in [0.2, 0.25) is 0 Å². The van der Waals surface area contributed by atoms with Crippen molar-refractivity contribution < 1.29 is 18.3 Å². The van der Waals surface area contributed by atoms with Gasteiger partial charge in [0.25, 0.3) is 0 Å². The zero-order valence-corrected chi connectivity index (χ0v) is 8.64. The number of allylic oxidation sites excluding steroid dienone is 3. The van der Waals surface area contributed by atoms with Gasteiger partial charge in [0.2, 0.25) is 0 Å². The molecule has 0 saturated heterocycles. The van der Waals surface area contributed by atoms with Crippen molar-refractivity contribution in [2.75, 3.05) is 0 Å². The minimum atomic E-state index is -4.29. The van der Waals surface area contributed by atoms with Gasteiger partial charge in [0.1, 0.15) is 0 Å². The number of aliphatic hydroxyl groups excluding tert-OH is 1. The standard InChI is InChI=1S/C11H15F3O/c1-2-4-10(15)8-5-3-6-9(7-8)11(12,13)14/h6-7,10,15H,2-5H2,1H3. The molecule has 0 heterocycles. The molecule has 0 aromatic carbocycles. The molecule has 1 aliphatic carbocycles. The molecule has 1 rings (SSSR count). The van der Waals surface area contributed by atoms with E-state index in [1.54, 1.807) is 0 Å². The fourth-order valence-electron chi connectivity index (χ4n) is 1.64. The summed E-state index contributed by atoms with van der Waals surface area (Å²) in [6, 6.07) is 0. The Morgan fingerprint density at radius 3 is 2.67 bits per heavy atom. The van der Waals surface area contributed by atoms with Crippen LogP contribution in [0.15, 0.2) is 23.3 Å². The lowest BCUT2D eigenvalue weighted by Gasteiger charge is -2.19. The van der Waals surface area contributed by atoms with Gasteiger partial charge >= 0.3 is 6.18 Å². The predicted octanol–water partition coefficient (Wildman–Crippen LogP) is 3.36. The monoisotopic (exact) mass is 220 g/mol. The first-order valence-electron chi connectivity index (χ1n) is 5.11. The van der Waals surface area contributed by atoms with Crippen LogP contribution in [0.25, 0.3) is 0 Å². The maximum atomic E-state index is 12.4. The van der Waals surface area contributed by atoms with Gasteiger partial charge in [-0.15, -0.1) is 0 Å². The van der Waals surface area contributed by atoms with Gasteiger partial charge in [0, 0.05) is 0 Å². The van der Waals surface area contributed by atoms with Crippen molar-refractivity contribution in [1.82, 2.24) is 0 Å². The number of hydrogen-bond acceptors (Lipinski definition) is 1. The highest BCUT2D eigenvalue weighted by Gasteiger charge is 2.33. The summed E-state index contributed by atoms with van der Waals surface area (Å²) in [5.74, 6) is 0. The molecule has 0 aromatic rings. The van der Waals surface area contributed by atoms with Gasteiger partial charge in [0.15, 0.2) is 0 Å². The lowest BCUT2D eigenvalue weighted by molar-refractivity contribution is -0.0888. The van der Waals surface area contributed by atoms with E-state index in [1.165, 1.54) is 6.08 Å². The van der Waals surface area contributed by atoms with Crippen LogP contribution in [-0.2, 0) is 0 Å². The molecule has 1 atom stereocenters. The van der Waals surface area contributed by atoms with E-state index < -0.39 is 17.9 Å². The van der Waals surface area contributed by atoms with Crippen molar-refractivity contribution in [3.63, 3.8) is 0 Å².